The largest absolute Gasteiger partial charge is 0.481 e. The lowest BCUT2D eigenvalue weighted by atomic mass is 10.1. The van der Waals surface area contributed by atoms with Crippen molar-refractivity contribution in [2.75, 3.05) is 13.2 Å². The van der Waals surface area contributed by atoms with Crippen LogP contribution in [0, 0.1) is 0 Å². The minimum Gasteiger partial charge on any atom is -0.481 e. The van der Waals surface area contributed by atoms with Crippen molar-refractivity contribution in [1.29, 1.82) is 0 Å². The Balaban J connectivity index is 1.83. The number of benzene rings is 2. The molecule has 26 heavy (non-hydrogen) atoms. The van der Waals surface area contributed by atoms with E-state index in [4.69, 9.17) is 9.47 Å². The minimum atomic E-state index is -0.412. The molecule has 3 aromatic rings. The first kappa shape index (κ1) is 17.5. The van der Waals surface area contributed by atoms with E-state index in [0.717, 1.165) is 11.1 Å². The van der Waals surface area contributed by atoms with Crippen LogP contribution in [0.2, 0.25) is 0 Å². The smallest absolute Gasteiger partial charge is 0.344 e. The molecule has 5 heteroatoms. The molecule has 2 aromatic carbocycles. The summed E-state index contributed by atoms with van der Waals surface area (Å²) in [5.41, 5.74) is 2.23. The number of pyridine rings is 1. The number of para-hydroxylation sites is 2. The lowest BCUT2D eigenvalue weighted by Crippen LogP contribution is -2.14. The van der Waals surface area contributed by atoms with Crippen LogP contribution in [-0.4, -0.2) is 24.2 Å². The number of esters is 1. The highest BCUT2D eigenvalue weighted by atomic mass is 16.6. The minimum absolute atomic E-state index is 0.0363. The predicted octanol–water partition coefficient (Wildman–Crippen LogP) is 3.64. The van der Waals surface area contributed by atoms with Crippen molar-refractivity contribution in [3.05, 3.63) is 76.1 Å². The normalized spacial score (nSPS) is 11.0. The number of aromatic amines is 1. The van der Waals surface area contributed by atoms with Gasteiger partial charge in [-0.3, -0.25) is 4.79 Å². The quantitative estimate of drug-likeness (QED) is 0.690. The van der Waals surface area contributed by atoms with Gasteiger partial charge in [0.05, 0.1) is 6.61 Å². The molecule has 1 heterocycles. The molecule has 0 aliphatic carbocycles. The van der Waals surface area contributed by atoms with Gasteiger partial charge < -0.3 is 14.5 Å². The molecule has 0 spiro atoms. The highest BCUT2D eigenvalue weighted by molar-refractivity contribution is 5.81. The first-order chi connectivity index (χ1) is 12.7. The topological polar surface area (TPSA) is 68.4 Å². The van der Waals surface area contributed by atoms with Gasteiger partial charge in [0.15, 0.2) is 12.0 Å². The number of nitrogens with one attached hydrogen (secondary N) is 1. The van der Waals surface area contributed by atoms with Crippen LogP contribution in [0.25, 0.3) is 23.1 Å². The van der Waals surface area contributed by atoms with Crippen LogP contribution in [0.3, 0.4) is 0 Å². The second-order valence-electron chi connectivity index (χ2n) is 5.60. The first-order valence-corrected chi connectivity index (χ1v) is 8.35. The zero-order chi connectivity index (χ0) is 18.4. The van der Waals surface area contributed by atoms with Crippen LogP contribution >= 0.6 is 0 Å². The summed E-state index contributed by atoms with van der Waals surface area (Å²) >= 11 is 0. The van der Waals surface area contributed by atoms with Gasteiger partial charge in [-0.15, -0.1) is 0 Å². The fraction of sp³-hybridized carbons (Fsp3) is 0.143. The third-order valence-electron chi connectivity index (χ3n) is 3.77. The van der Waals surface area contributed by atoms with Crippen LogP contribution in [0.1, 0.15) is 18.2 Å². The SMILES string of the molecule is CCOC(=O)COc1ccccc1C=Cc1cc(=O)c2ccccc2[nH]1. The van der Waals surface area contributed by atoms with Gasteiger partial charge in [-0.2, -0.15) is 0 Å². The van der Waals surface area contributed by atoms with Gasteiger partial charge in [-0.05, 0) is 37.3 Å². The molecule has 132 valence electrons. The van der Waals surface area contributed by atoms with Gasteiger partial charge in [0.25, 0.3) is 0 Å². The van der Waals surface area contributed by atoms with Crippen molar-refractivity contribution in [1.82, 2.24) is 4.98 Å². The van der Waals surface area contributed by atoms with Crippen LogP contribution in [-0.2, 0) is 9.53 Å². The van der Waals surface area contributed by atoms with Crippen molar-refractivity contribution < 1.29 is 14.3 Å². The standard InChI is InChI=1S/C21H19NO4/c1-2-25-21(24)14-26-20-10-6-3-7-15(20)11-12-16-13-19(23)17-8-4-5-9-18(17)22-16/h3-13H,2,14H2,1H3,(H,22,23). The van der Waals surface area contributed by atoms with E-state index in [1.165, 1.54) is 0 Å². The molecule has 1 N–H and O–H groups in total. The van der Waals surface area contributed by atoms with E-state index >= 15 is 0 Å². The third-order valence-corrected chi connectivity index (χ3v) is 3.77. The molecular weight excluding hydrogens is 330 g/mol. The lowest BCUT2D eigenvalue weighted by molar-refractivity contribution is -0.145. The van der Waals surface area contributed by atoms with Crippen molar-refractivity contribution >= 4 is 29.0 Å². The Morgan fingerprint density at radius 2 is 1.85 bits per heavy atom. The molecule has 0 aliphatic heterocycles. The monoisotopic (exact) mass is 349 g/mol. The van der Waals surface area contributed by atoms with E-state index in [1.807, 2.05) is 42.5 Å². The molecule has 0 fully saturated rings. The number of ether oxygens (including phenoxy) is 2. The Bertz CT molecular complexity index is 1000. The Morgan fingerprint density at radius 3 is 2.69 bits per heavy atom. The van der Waals surface area contributed by atoms with Gasteiger partial charge in [0, 0.05) is 28.2 Å². The fourth-order valence-electron chi connectivity index (χ4n) is 2.58. The van der Waals surface area contributed by atoms with Crippen LogP contribution in [0.5, 0.6) is 5.75 Å². The lowest BCUT2D eigenvalue weighted by Gasteiger charge is -2.08. The second kappa shape index (κ2) is 8.16. The van der Waals surface area contributed by atoms with Gasteiger partial charge in [0.1, 0.15) is 5.75 Å². The molecular formula is C21H19NO4. The van der Waals surface area contributed by atoms with Crippen molar-refractivity contribution in [2.45, 2.75) is 6.92 Å². The van der Waals surface area contributed by atoms with E-state index in [9.17, 15) is 9.59 Å². The summed E-state index contributed by atoms with van der Waals surface area (Å²) in [6.07, 6.45) is 3.64. The number of fused-ring (bicyclic) bond motifs is 1. The van der Waals surface area contributed by atoms with Crippen LogP contribution in [0.4, 0.5) is 0 Å². The number of hydrogen-bond donors (Lipinski definition) is 1. The Kier molecular flexibility index (Phi) is 5.49. The highest BCUT2D eigenvalue weighted by Gasteiger charge is 2.06. The van der Waals surface area contributed by atoms with Crippen molar-refractivity contribution in [3.8, 4) is 5.75 Å². The maximum atomic E-state index is 12.2. The number of aromatic nitrogens is 1. The number of rotatable bonds is 6. The number of carbonyl (C=O) groups excluding carboxylic acids is 1. The molecule has 3 rings (SSSR count). The first-order valence-electron chi connectivity index (χ1n) is 8.35. The van der Waals surface area contributed by atoms with Gasteiger partial charge in [0.2, 0.25) is 0 Å². The average Bonchev–Trinajstić information content (AvgIpc) is 2.66. The number of carbonyl (C=O) groups is 1. The molecule has 0 amide bonds. The molecule has 0 saturated carbocycles. The molecule has 0 saturated heterocycles. The predicted molar refractivity (Wildman–Crippen MR) is 102 cm³/mol. The summed E-state index contributed by atoms with van der Waals surface area (Å²) in [4.78, 5) is 26.9. The second-order valence-corrected chi connectivity index (χ2v) is 5.60. The summed E-state index contributed by atoms with van der Waals surface area (Å²) in [6, 6.07) is 16.3. The maximum absolute atomic E-state index is 12.2. The van der Waals surface area contributed by atoms with Crippen LogP contribution in [0.15, 0.2) is 59.4 Å². The Labute approximate surface area is 150 Å². The van der Waals surface area contributed by atoms with E-state index in [0.29, 0.717) is 23.4 Å². The summed E-state index contributed by atoms with van der Waals surface area (Å²) in [5, 5.41) is 0.655. The Morgan fingerprint density at radius 1 is 1.08 bits per heavy atom. The van der Waals surface area contributed by atoms with Crippen molar-refractivity contribution in [2.24, 2.45) is 0 Å². The van der Waals surface area contributed by atoms with E-state index in [2.05, 4.69) is 4.98 Å². The fourth-order valence-corrected chi connectivity index (χ4v) is 2.58. The highest BCUT2D eigenvalue weighted by Crippen LogP contribution is 2.20. The van der Waals surface area contributed by atoms with Gasteiger partial charge in [-0.1, -0.05) is 30.3 Å². The number of H-pyrrole nitrogens is 1. The molecule has 0 radical (unpaired) electrons. The van der Waals surface area contributed by atoms with E-state index in [1.54, 1.807) is 31.2 Å². The molecule has 5 nitrogen and oxygen atoms in total. The zero-order valence-electron chi connectivity index (χ0n) is 14.4. The molecule has 0 atom stereocenters. The van der Waals surface area contributed by atoms with E-state index < -0.39 is 5.97 Å². The molecule has 0 aliphatic rings. The van der Waals surface area contributed by atoms with Crippen molar-refractivity contribution in [3.63, 3.8) is 0 Å². The average molecular weight is 349 g/mol. The number of hydrogen-bond acceptors (Lipinski definition) is 4. The van der Waals surface area contributed by atoms with E-state index in [-0.39, 0.29) is 12.0 Å². The van der Waals surface area contributed by atoms with Gasteiger partial charge >= 0.3 is 5.97 Å². The summed E-state index contributed by atoms with van der Waals surface area (Å²) in [5.74, 6) is 0.157. The summed E-state index contributed by atoms with van der Waals surface area (Å²) in [7, 11) is 0. The third kappa shape index (κ3) is 4.19. The summed E-state index contributed by atoms with van der Waals surface area (Å²) < 4.78 is 10.4. The maximum Gasteiger partial charge on any atom is 0.344 e. The Hall–Kier alpha value is -3.34. The van der Waals surface area contributed by atoms with Gasteiger partial charge in [-0.25, -0.2) is 4.79 Å². The van der Waals surface area contributed by atoms with Crippen LogP contribution < -0.4 is 10.2 Å². The molecule has 0 bridgehead atoms. The zero-order valence-corrected chi connectivity index (χ0v) is 14.4. The molecule has 0 unspecified atom stereocenters. The summed E-state index contributed by atoms with van der Waals surface area (Å²) in [6.45, 7) is 1.92. The molecule has 1 aromatic heterocycles.